The fraction of sp³-hybridized carbons (Fsp3) is 0.250. The molecule has 1 aliphatic heterocycles. The summed E-state index contributed by atoms with van der Waals surface area (Å²) in [6.07, 6.45) is -0.532. The SMILES string of the molecule is COC(=O)c1ccccc1NC(=O)[C@@H]1CC(c2ccc(OC)c(OC)c2)=NO1. The van der Waals surface area contributed by atoms with Crippen LogP contribution >= 0.6 is 0 Å². The van der Waals surface area contributed by atoms with Gasteiger partial charge < -0.3 is 24.4 Å². The second kappa shape index (κ2) is 8.43. The quantitative estimate of drug-likeness (QED) is 0.770. The molecule has 0 aromatic heterocycles. The maximum atomic E-state index is 12.6. The molecule has 1 amide bonds. The van der Waals surface area contributed by atoms with Crippen LogP contribution in [-0.2, 0) is 14.4 Å². The monoisotopic (exact) mass is 384 g/mol. The first-order valence-corrected chi connectivity index (χ1v) is 8.50. The van der Waals surface area contributed by atoms with E-state index in [1.165, 1.54) is 7.11 Å². The van der Waals surface area contributed by atoms with Crippen LogP contribution in [0.3, 0.4) is 0 Å². The van der Waals surface area contributed by atoms with Crippen molar-refractivity contribution in [2.75, 3.05) is 26.6 Å². The van der Waals surface area contributed by atoms with Gasteiger partial charge in [-0.1, -0.05) is 17.3 Å². The lowest BCUT2D eigenvalue weighted by Gasteiger charge is -2.12. The number of anilines is 1. The number of esters is 1. The number of para-hydroxylation sites is 1. The van der Waals surface area contributed by atoms with E-state index in [4.69, 9.17) is 19.0 Å². The fourth-order valence-corrected chi connectivity index (χ4v) is 2.80. The van der Waals surface area contributed by atoms with Gasteiger partial charge in [0.2, 0.25) is 6.10 Å². The van der Waals surface area contributed by atoms with Crippen LogP contribution in [0, 0.1) is 0 Å². The van der Waals surface area contributed by atoms with Crippen molar-refractivity contribution >= 4 is 23.3 Å². The number of hydrogen-bond acceptors (Lipinski definition) is 7. The number of rotatable bonds is 6. The Hall–Kier alpha value is -3.55. The first-order valence-electron chi connectivity index (χ1n) is 8.50. The van der Waals surface area contributed by atoms with Crippen LogP contribution in [0.2, 0.25) is 0 Å². The smallest absolute Gasteiger partial charge is 0.339 e. The van der Waals surface area contributed by atoms with Crippen LogP contribution in [-0.4, -0.2) is 45.0 Å². The van der Waals surface area contributed by atoms with Crippen LogP contribution in [0.4, 0.5) is 5.69 Å². The molecule has 1 N–H and O–H groups in total. The van der Waals surface area contributed by atoms with Crippen molar-refractivity contribution < 1.29 is 28.6 Å². The van der Waals surface area contributed by atoms with Gasteiger partial charge in [0.25, 0.3) is 5.91 Å². The van der Waals surface area contributed by atoms with E-state index in [9.17, 15) is 9.59 Å². The molecule has 0 fully saturated rings. The van der Waals surface area contributed by atoms with Crippen LogP contribution in [0.5, 0.6) is 11.5 Å². The first-order chi connectivity index (χ1) is 13.6. The Morgan fingerprint density at radius 2 is 1.82 bits per heavy atom. The van der Waals surface area contributed by atoms with Crippen LogP contribution in [0.25, 0.3) is 0 Å². The molecule has 1 heterocycles. The van der Waals surface area contributed by atoms with Gasteiger partial charge in [0.15, 0.2) is 11.5 Å². The number of oxime groups is 1. The van der Waals surface area contributed by atoms with Gasteiger partial charge in [0.1, 0.15) is 0 Å². The highest BCUT2D eigenvalue weighted by atomic mass is 16.6. The normalized spacial score (nSPS) is 15.2. The number of amides is 1. The molecule has 28 heavy (non-hydrogen) atoms. The molecule has 1 aliphatic rings. The molecule has 2 aromatic carbocycles. The largest absolute Gasteiger partial charge is 0.493 e. The molecule has 2 aromatic rings. The highest BCUT2D eigenvalue weighted by Crippen LogP contribution is 2.29. The van der Waals surface area contributed by atoms with Gasteiger partial charge in [0, 0.05) is 12.0 Å². The van der Waals surface area contributed by atoms with Crippen molar-refractivity contribution in [2.24, 2.45) is 5.16 Å². The average molecular weight is 384 g/mol. The standard InChI is InChI=1S/C20H20N2O6/c1-25-16-9-8-12(10-17(16)26-2)15-11-18(28-22-15)19(23)21-14-7-5-4-6-13(14)20(24)27-3/h4-10,18H,11H2,1-3H3,(H,21,23)/t18-/m0/s1. The zero-order valence-electron chi connectivity index (χ0n) is 15.7. The minimum absolute atomic E-state index is 0.261. The summed E-state index contributed by atoms with van der Waals surface area (Å²) < 4.78 is 15.2. The molecule has 1 atom stereocenters. The number of ether oxygens (including phenoxy) is 3. The molecular formula is C20H20N2O6. The zero-order chi connectivity index (χ0) is 20.1. The zero-order valence-corrected chi connectivity index (χ0v) is 15.7. The molecule has 0 aliphatic carbocycles. The molecule has 0 radical (unpaired) electrons. The van der Waals surface area contributed by atoms with Crippen molar-refractivity contribution in [3.63, 3.8) is 0 Å². The minimum atomic E-state index is -0.811. The third kappa shape index (κ3) is 3.90. The summed E-state index contributed by atoms with van der Waals surface area (Å²) in [6.45, 7) is 0. The topological polar surface area (TPSA) is 95.5 Å². The van der Waals surface area contributed by atoms with Gasteiger partial charge in [-0.2, -0.15) is 0 Å². The lowest BCUT2D eigenvalue weighted by molar-refractivity contribution is -0.125. The predicted octanol–water partition coefficient (Wildman–Crippen LogP) is 2.62. The molecule has 3 rings (SSSR count). The van der Waals surface area contributed by atoms with Gasteiger partial charge in [-0.3, -0.25) is 4.79 Å². The number of benzene rings is 2. The second-order valence-corrected chi connectivity index (χ2v) is 5.93. The summed E-state index contributed by atoms with van der Waals surface area (Å²) in [6, 6.07) is 11.9. The van der Waals surface area contributed by atoms with Crippen LogP contribution < -0.4 is 14.8 Å². The molecule has 0 spiro atoms. The first kappa shape index (κ1) is 19.2. The van der Waals surface area contributed by atoms with E-state index < -0.39 is 18.0 Å². The van der Waals surface area contributed by atoms with E-state index in [0.717, 1.165) is 5.56 Å². The fourth-order valence-electron chi connectivity index (χ4n) is 2.80. The maximum Gasteiger partial charge on any atom is 0.339 e. The summed E-state index contributed by atoms with van der Waals surface area (Å²) in [5.74, 6) is 0.211. The van der Waals surface area contributed by atoms with Crippen LogP contribution in [0.15, 0.2) is 47.6 Å². The van der Waals surface area contributed by atoms with Crippen molar-refractivity contribution in [2.45, 2.75) is 12.5 Å². The number of nitrogens with one attached hydrogen (secondary N) is 1. The van der Waals surface area contributed by atoms with Gasteiger partial charge in [-0.15, -0.1) is 0 Å². The number of carbonyl (C=O) groups is 2. The van der Waals surface area contributed by atoms with E-state index in [1.54, 1.807) is 50.6 Å². The summed E-state index contributed by atoms with van der Waals surface area (Å²) in [4.78, 5) is 29.7. The Morgan fingerprint density at radius 3 is 2.54 bits per heavy atom. The van der Waals surface area contributed by atoms with Crippen LogP contribution in [0.1, 0.15) is 22.3 Å². The number of methoxy groups -OCH3 is 3. The molecule has 146 valence electrons. The molecule has 0 unspecified atom stereocenters. The highest BCUT2D eigenvalue weighted by Gasteiger charge is 2.30. The van der Waals surface area contributed by atoms with Gasteiger partial charge in [0.05, 0.1) is 38.3 Å². The second-order valence-electron chi connectivity index (χ2n) is 5.93. The van der Waals surface area contributed by atoms with Crippen molar-refractivity contribution in [1.82, 2.24) is 0 Å². The Balaban J connectivity index is 1.70. The molecule has 8 nitrogen and oxygen atoms in total. The summed E-state index contributed by atoms with van der Waals surface area (Å²) in [5, 5.41) is 6.72. The highest BCUT2D eigenvalue weighted by molar-refractivity contribution is 6.08. The predicted molar refractivity (Wildman–Crippen MR) is 102 cm³/mol. The minimum Gasteiger partial charge on any atom is -0.493 e. The summed E-state index contributed by atoms with van der Waals surface area (Å²) in [5.41, 5.74) is 1.99. The number of hydrogen-bond donors (Lipinski definition) is 1. The number of nitrogens with zero attached hydrogens (tertiary/aromatic N) is 1. The Morgan fingerprint density at radius 1 is 1.07 bits per heavy atom. The van der Waals surface area contributed by atoms with E-state index in [1.807, 2.05) is 6.07 Å². The van der Waals surface area contributed by atoms with Gasteiger partial charge in [-0.05, 0) is 30.3 Å². The summed E-state index contributed by atoms with van der Waals surface area (Å²) in [7, 11) is 4.38. The Labute approximate surface area is 162 Å². The molecule has 8 heteroatoms. The molecular weight excluding hydrogens is 364 g/mol. The van der Waals surface area contributed by atoms with Crippen molar-refractivity contribution in [1.29, 1.82) is 0 Å². The van der Waals surface area contributed by atoms with E-state index in [-0.39, 0.29) is 12.0 Å². The Bertz CT molecular complexity index is 925. The third-order valence-electron chi connectivity index (χ3n) is 4.27. The Kier molecular flexibility index (Phi) is 5.78. The third-order valence-corrected chi connectivity index (χ3v) is 4.27. The molecule has 0 saturated heterocycles. The maximum absolute atomic E-state index is 12.6. The lowest BCUT2D eigenvalue weighted by Crippen LogP contribution is -2.28. The number of carbonyl (C=O) groups excluding carboxylic acids is 2. The van der Waals surface area contributed by atoms with Crippen molar-refractivity contribution in [3.8, 4) is 11.5 Å². The molecule has 0 saturated carbocycles. The van der Waals surface area contributed by atoms with E-state index in [2.05, 4.69) is 10.5 Å². The average Bonchev–Trinajstić information content (AvgIpc) is 3.23. The van der Waals surface area contributed by atoms with Gasteiger partial charge in [-0.25, -0.2) is 4.79 Å². The van der Waals surface area contributed by atoms with E-state index >= 15 is 0 Å². The van der Waals surface area contributed by atoms with Crippen molar-refractivity contribution in [3.05, 3.63) is 53.6 Å². The lowest BCUT2D eigenvalue weighted by atomic mass is 10.0. The van der Waals surface area contributed by atoms with E-state index in [0.29, 0.717) is 22.9 Å². The molecule has 0 bridgehead atoms. The summed E-state index contributed by atoms with van der Waals surface area (Å²) >= 11 is 0. The van der Waals surface area contributed by atoms with Gasteiger partial charge >= 0.3 is 5.97 Å².